The summed E-state index contributed by atoms with van der Waals surface area (Å²) < 4.78 is 19.2. The van der Waals surface area contributed by atoms with E-state index in [1.165, 1.54) is 0 Å². The zero-order chi connectivity index (χ0) is 19.9. The number of aromatic nitrogens is 1. The molecule has 29 heavy (non-hydrogen) atoms. The Balaban J connectivity index is 0.00000300. The molecule has 1 aliphatic heterocycles. The van der Waals surface area contributed by atoms with Crippen LogP contribution in [0.2, 0.25) is 0 Å². The first-order valence-electron chi connectivity index (χ1n) is 9.56. The van der Waals surface area contributed by atoms with E-state index in [9.17, 15) is 4.39 Å². The highest BCUT2D eigenvalue weighted by Crippen LogP contribution is 2.15. The van der Waals surface area contributed by atoms with Crippen LogP contribution in [-0.2, 0) is 17.8 Å². The summed E-state index contributed by atoms with van der Waals surface area (Å²) in [5.74, 6) is 1.44. The Hall–Kier alpha value is -1.94. The Kier molecular flexibility index (Phi) is 9.09. The van der Waals surface area contributed by atoms with Crippen LogP contribution in [0.4, 0.5) is 10.2 Å². The molecule has 2 N–H and O–H groups in total. The summed E-state index contributed by atoms with van der Waals surface area (Å²) >= 11 is 0. The lowest BCUT2D eigenvalue weighted by Crippen LogP contribution is -2.41. The summed E-state index contributed by atoms with van der Waals surface area (Å²) in [5.41, 5.74) is 2.58. The molecule has 6 nitrogen and oxygen atoms in total. The number of guanidine groups is 1. The van der Waals surface area contributed by atoms with Gasteiger partial charge in [-0.15, -0.1) is 24.0 Å². The fraction of sp³-hybridized carbons (Fsp3) is 0.429. The van der Waals surface area contributed by atoms with E-state index in [0.29, 0.717) is 24.6 Å². The number of aryl methyl sites for hydroxylation is 1. The van der Waals surface area contributed by atoms with Gasteiger partial charge in [-0.1, -0.05) is 18.2 Å². The first-order chi connectivity index (χ1) is 13.5. The van der Waals surface area contributed by atoms with E-state index in [0.717, 1.165) is 36.6 Å². The summed E-state index contributed by atoms with van der Waals surface area (Å²) in [7, 11) is 1.71. The third kappa shape index (κ3) is 6.81. The highest BCUT2D eigenvalue weighted by Gasteiger charge is 2.17. The standard InChI is InChI=1S/C21H28FN5O.HI/c1-15-4-5-17(10-19(15)22)11-25-21(23-3)26-13-18-6-7-20(24-12-18)27-8-9-28-16(2)14-27;/h4-7,10,12,16H,8-9,11,13-14H2,1-3H3,(H2,23,25,26);1H. The van der Waals surface area contributed by atoms with Gasteiger partial charge in [0.1, 0.15) is 11.6 Å². The van der Waals surface area contributed by atoms with Gasteiger partial charge < -0.3 is 20.3 Å². The van der Waals surface area contributed by atoms with Crippen molar-refractivity contribution in [1.29, 1.82) is 0 Å². The second kappa shape index (κ2) is 11.3. The van der Waals surface area contributed by atoms with Gasteiger partial charge in [0.25, 0.3) is 0 Å². The molecule has 1 unspecified atom stereocenters. The van der Waals surface area contributed by atoms with Crippen molar-refractivity contribution >= 4 is 35.8 Å². The van der Waals surface area contributed by atoms with Crippen LogP contribution in [0.15, 0.2) is 41.5 Å². The largest absolute Gasteiger partial charge is 0.375 e. The SMILES string of the molecule is CN=C(NCc1ccc(N2CCOC(C)C2)nc1)NCc1ccc(C)c(F)c1.I. The lowest BCUT2D eigenvalue weighted by atomic mass is 10.1. The number of halogens is 2. The Morgan fingerprint density at radius 3 is 2.59 bits per heavy atom. The number of benzene rings is 1. The lowest BCUT2D eigenvalue weighted by molar-refractivity contribution is 0.0529. The van der Waals surface area contributed by atoms with Gasteiger partial charge >= 0.3 is 0 Å². The normalized spacial score (nSPS) is 16.9. The summed E-state index contributed by atoms with van der Waals surface area (Å²) in [5, 5.41) is 6.46. The van der Waals surface area contributed by atoms with Crippen molar-refractivity contribution in [1.82, 2.24) is 15.6 Å². The molecule has 0 spiro atoms. The number of ether oxygens (including phenoxy) is 1. The molecule has 1 aromatic heterocycles. The fourth-order valence-corrected chi connectivity index (χ4v) is 3.07. The first kappa shape index (κ1) is 23.3. The molecule has 8 heteroatoms. The maximum absolute atomic E-state index is 13.7. The molecule has 158 valence electrons. The molecule has 2 aromatic rings. The Bertz CT molecular complexity index is 815. The molecule has 1 atom stereocenters. The number of rotatable bonds is 5. The predicted octanol–water partition coefficient (Wildman–Crippen LogP) is 3.24. The molecule has 0 saturated carbocycles. The topological polar surface area (TPSA) is 61.8 Å². The highest BCUT2D eigenvalue weighted by molar-refractivity contribution is 14.0. The summed E-state index contributed by atoms with van der Waals surface area (Å²) in [6.45, 7) is 7.41. The van der Waals surface area contributed by atoms with Crippen molar-refractivity contribution < 1.29 is 9.13 Å². The van der Waals surface area contributed by atoms with Gasteiger partial charge in [0.15, 0.2) is 5.96 Å². The smallest absolute Gasteiger partial charge is 0.191 e. The Morgan fingerprint density at radius 1 is 1.24 bits per heavy atom. The summed E-state index contributed by atoms with van der Waals surface area (Å²) in [4.78, 5) is 11.0. The zero-order valence-corrected chi connectivity index (χ0v) is 19.4. The van der Waals surface area contributed by atoms with E-state index in [1.807, 2.05) is 18.3 Å². The quantitative estimate of drug-likeness (QED) is 0.366. The molecular formula is C21H29FIN5O. The van der Waals surface area contributed by atoms with Gasteiger partial charge in [-0.25, -0.2) is 9.37 Å². The number of morpholine rings is 1. The molecule has 0 amide bonds. The molecule has 1 aliphatic rings. The number of nitrogens with zero attached hydrogens (tertiary/aromatic N) is 3. The van der Waals surface area contributed by atoms with Gasteiger partial charge in [0, 0.05) is 39.4 Å². The van der Waals surface area contributed by atoms with Crippen LogP contribution in [0.3, 0.4) is 0 Å². The predicted molar refractivity (Wildman–Crippen MR) is 125 cm³/mol. The Morgan fingerprint density at radius 2 is 1.97 bits per heavy atom. The van der Waals surface area contributed by atoms with Crippen molar-refractivity contribution in [2.24, 2.45) is 4.99 Å². The van der Waals surface area contributed by atoms with Gasteiger partial charge in [-0.3, -0.25) is 4.99 Å². The van der Waals surface area contributed by atoms with E-state index >= 15 is 0 Å². The van der Waals surface area contributed by atoms with Crippen molar-refractivity contribution in [2.75, 3.05) is 31.6 Å². The van der Waals surface area contributed by atoms with Crippen LogP contribution in [0, 0.1) is 12.7 Å². The lowest BCUT2D eigenvalue weighted by Gasteiger charge is -2.32. The Labute approximate surface area is 189 Å². The molecule has 1 fully saturated rings. The first-order valence-corrected chi connectivity index (χ1v) is 9.56. The minimum absolute atomic E-state index is 0. The molecule has 1 aromatic carbocycles. The molecule has 0 radical (unpaired) electrons. The second-order valence-corrected chi connectivity index (χ2v) is 7.01. The number of hydrogen-bond donors (Lipinski definition) is 2. The van der Waals surface area contributed by atoms with Crippen LogP contribution in [0.25, 0.3) is 0 Å². The minimum atomic E-state index is -0.192. The maximum atomic E-state index is 13.7. The summed E-state index contributed by atoms with van der Waals surface area (Å²) in [6, 6.07) is 9.35. The van der Waals surface area contributed by atoms with Crippen molar-refractivity contribution in [3.05, 3.63) is 59.0 Å². The number of hydrogen-bond acceptors (Lipinski definition) is 4. The van der Waals surface area contributed by atoms with Gasteiger partial charge in [0.2, 0.25) is 0 Å². The van der Waals surface area contributed by atoms with Crippen LogP contribution in [-0.4, -0.2) is 43.8 Å². The molecular weight excluding hydrogens is 484 g/mol. The number of aliphatic imine (C=N–C) groups is 1. The van der Waals surface area contributed by atoms with Crippen LogP contribution in [0.5, 0.6) is 0 Å². The van der Waals surface area contributed by atoms with Crippen molar-refractivity contribution in [3.63, 3.8) is 0 Å². The third-order valence-corrected chi connectivity index (χ3v) is 4.75. The number of nitrogens with one attached hydrogen (secondary N) is 2. The van der Waals surface area contributed by atoms with Crippen molar-refractivity contribution in [2.45, 2.75) is 33.0 Å². The minimum Gasteiger partial charge on any atom is -0.375 e. The monoisotopic (exact) mass is 513 g/mol. The molecule has 2 heterocycles. The number of pyridine rings is 1. The van der Waals surface area contributed by atoms with E-state index in [1.54, 1.807) is 26.1 Å². The molecule has 3 rings (SSSR count). The third-order valence-electron chi connectivity index (χ3n) is 4.75. The average Bonchev–Trinajstić information content (AvgIpc) is 2.71. The van der Waals surface area contributed by atoms with Gasteiger partial charge in [0.05, 0.1) is 12.7 Å². The molecule has 0 bridgehead atoms. The van der Waals surface area contributed by atoms with Crippen LogP contribution >= 0.6 is 24.0 Å². The van der Waals surface area contributed by atoms with Crippen molar-refractivity contribution in [3.8, 4) is 0 Å². The van der Waals surface area contributed by atoms with E-state index < -0.39 is 0 Å². The zero-order valence-electron chi connectivity index (χ0n) is 17.1. The van der Waals surface area contributed by atoms with Gasteiger partial charge in [-0.05, 0) is 42.7 Å². The van der Waals surface area contributed by atoms with Gasteiger partial charge in [-0.2, -0.15) is 0 Å². The highest BCUT2D eigenvalue weighted by atomic mass is 127. The van der Waals surface area contributed by atoms with Crippen LogP contribution < -0.4 is 15.5 Å². The number of anilines is 1. The van der Waals surface area contributed by atoms with E-state index in [-0.39, 0.29) is 35.9 Å². The van der Waals surface area contributed by atoms with E-state index in [4.69, 9.17) is 4.74 Å². The molecule has 1 saturated heterocycles. The summed E-state index contributed by atoms with van der Waals surface area (Å²) in [6.07, 6.45) is 2.11. The second-order valence-electron chi connectivity index (χ2n) is 7.01. The van der Waals surface area contributed by atoms with Crippen LogP contribution in [0.1, 0.15) is 23.6 Å². The van der Waals surface area contributed by atoms with E-state index in [2.05, 4.69) is 38.5 Å². The average molecular weight is 513 g/mol. The fourth-order valence-electron chi connectivity index (χ4n) is 3.07. The molecule has 0 aliphatic carbocycles. The maximum Gasteiger partial charge on any atom is 0.191 e.